The molecule has 0 aliphatic carbocycles. The number of nitriles is 1. The molecular weight excluding hydrogens is 248 g/mol. The van der Waals surface area contributed by atoms with Crippen LogP contribution in [0.5, 0.6) is 0 Å². The van der Waals surface area contributed by atoms with Gasteiger partial charge in [0.1, 0.15) is 5.82 Å². The zero-order chi connectivity index (χ0) is 12.5. The van der Waals surface area contributed by atoms with Crippen LogP contribution in [0.1, 0.15) is 5.56 Å². The maximum atomic E-state index is 8.86. The highest BCUT2D eigenvalue weighted by molar-refractivity contribution is 6.28. The summed E-state index contributed by atoms with van der Waals surface area (Å²) in [7, 11) is 0. The minimum Gasteiger partial charge on any atom is -0.301 e. The minimum absolute atomic E-state index is 0.211. The van der Waals surface area contributed by atoms with E-state index in [1.165, 1.54) is 0 Å². The van der Waals surface area contributed by atoms with E-state index < -0.39 is 0 Å². The minimum atomic E-state index is 0.211. The molecule has 3 aromatic rings. The number of fused-ring (bicyclic) bond motifs is 1. The van der Waals surface area contributed by atoms with E-state index >= 15 is 0 Å². The largest absolute Gasteiger partial charge is 0.301 e. The molecule has 0 unspecified atom stereocenters. The van der Waals surface area contributed by atoms with E-state index in [0.717, 1.165) is 10.9 Å². The molecule has 3 rings (SSSR count). The summed E-state index contributed by atoms with van der Waals surface area (Å²) in [4.78, 5) is 8.02. The van der Waals surface area contributed by atoms with Gasteiger partial charge in [0.25, 0.3) is 0 Å². The second-order valence-corrected chi connectivity index (χ2v) is 4.09. The predicted molar refractivity (Wildman–Crippen MR) is 68.6 cm³/mol. The van der Waals surface area contributed by atoms with Crippen LogP contribution in [-0.2, 0) is 0 Å². The average Bonchev–Trinajstić information content (AvgIpc) is 2.81. The third-order valence-corrected chi connectivity index (χ3v) is 2.86. The number of hydrogen-bond acceptors (Lipinski definition) is 3. The molecule has 0 spiro atoms. The second kappa shape index (κ2) is 4.13. The Kier molecular flexibility index (Phi) is 2.47. The van der Waals surface area contributed by atoms with Gasteiger partial charge in [-0.3, -0.25) is 0 Å². The number of benzene rings is 1. The van der Waals surface area contributed by atoms with Gasteiger partial charge in [-0.1, -0.05) is 0 Å². The lowest BCUT2D eigenvalue weighted by Gasteiger charge is -2.04. The molecule has 2 aromatic heterocycles. The van der Waals surface area contributed by atoms with Crippen molar-refractivity contribution in [3.63, 3.8) is 0 Å². The first-order chi connectivity index (χ1) is 8.78. The fourth-order valence-electron chi connectivity index (χ4n) is 1.87. The van der Waals surface area contributed by atoms with Crippen molar-refractivity contribution in [1.29, 1.82) is 5.26 Å². The van der Waals surface area contributed by atoms with Crippen molar-refractivity contribution >= 4 is 22.5 Å². The Morgan fingerprint density at radius 1 is 1.22 bits per heavy atom. The van der Waals surface area contributed by atoms with Gasteiger partial charge in [-0.05, 0) is 41.9 Å². The molecule has 0 atom stereocenters. The molecule has 0 bridgehead atoms. The van der Waals surface area contributed by atoms with Crippen molar-refractivity contribution in [2.75, 3.05) is 0 Å². The monoisotopic (exact) mass is 254 g/mol. The molecule has 0 amide bonds. The second-order valence-electron chi connectivity index (χ2n) is 3.76. The summed E-state index contributed by atoms with van der Waals surface area (Å²) in [6.45, 7) is 0. The molecule has 0 fully saturated rings. The Morgan fingerprint density at radius 3 is 2.89 bits per heavy atom. The van der Waals surface area contributed by atoms with Crippen molar-refractivity contribution < 1.29 is 0 Å². The molecule has 2 heterocycles. The van der Waals surface area contributed by atoms with Gasteiger partial charge in [-0.15, -0.1) is 0 Å². The van der Waals surface area contributed by atoms with Crippen LogP contribution in [-0.4, -0.2) is 14.5 Å². The Labute approximate surface area is 108 Å². The van der Waals surface area contributed by atoms with E-state index in [-0.39, 0.29) is 5.28 Å². The highest BCUT2D eigenvalue weighted by Gasteiger charge is 2.05. The summed E-state index contributed by atoms with van der Waals surface area (Å²) in [6, 6.07) is 11.4. The first-order valence-corrected chi connectivity index (χ1v) is 5.66. The lowest BCUT2D eigenvalue weighted by atomic mass is 10.2. The first kappa shape index (κ1) is 10.8. The van der Waals surface area contributed by atoms with Crippen LogP contribution in [0.2, 0.25) is 5.28 Å². The van der Waals surface area contributed by atoms with Crippen molar-refractivity contribution in [2.45, 2.75) is 0 Å². The molecule has 1 aromatic carbocycles. The van der Waals surface area contributed by atoms with E-state index in [2.05, 4.69) is 16.0 Å². The maximum Gasteiger partial charge on any atom is 0.224 e. The highest BCUT2D eigenvalue weighted by Crippen LogP contribution is 2.20. The zero-order valence-corrected chi connectivity index (χ0v) is 9.96. The number of nitrogens with zero attached hydrogens (tertiary/aromatic N) is 4. The van der Waals surface area contributed by atoms with Gasteiger partial charge in [0.2, 0.25) is 5.28 Å². The fourth-order valence-corrected chi connectivity index (χ4v) is 2.02. The summed E-state index contributed by atoms with van der Waals surface area (Å²) in [6.07, 6.45) is 3.50. The molecule has 4 nitrogen and oxygen atoms in total. The van der Waals surface area contributed by atoms with Crippen LogP contribution in [0.15, 0.2) is 42.7 Å². The number of halogens is 1. The smallest absolute Gasteiger partial charge is 0.224 e. The molecule has 86 valence electrons. The molecule has 5 heteroatoms. The van der Waals surface area contributed by atoms with Crippen molar-refractivity contribution in [3.8, 4) is 11.9 Å². The van der Waals surface area contributed by atoms with Gasteiger partial charge < -0.3 is 4.57 Å². The SMILES string of the molecule is N#Cc1ccc2c(ccn2-c2ccnc(Cl)n2)c1. The molecule has 0 aliphatic heterocycles. The Balaban J connectivity index is 2.22. The van der Waals surface area contributed by atoms with Crippen molar-refractivity contribution in [2.24, 2.45) is 0 Å². The van der Waals surface area contributed by atoms with Gasteiger partial charge in [-0.25, -0.2) is 4.98 Å². The third kappa shape index (κ3) is 1.71. The summed E-state index contributed by atoms with van der Waals surface area (Å²) < 4.78 is 1.91. The number of rotatable bonds is 1. The fraction of sp³-hybridized carbons (Fsp3) is 0. The van der Waals surface area contributed by atoms with Gasteiger partial charge in [0, 0.05) is 17.8 Å². The van der Waals surface area contributed by atoms with Crippen LogP contribution in [0.3, 0.4) is 0 Å². The Bertz CT molecular complexity index is 770. The van der Waals surface area contributed by atoms with E-state index in [9.17, 15) is 0 Å². The van der Waals surface area contributed by atoms with Crippen molar-refractivity contribution in [3.05, 3.63) is 53.6 Å². The van der Waals surface area contributed by atoms with Gasteiger partial charge in [-0.2, -0.15) is 10.2 Å². The molecule has 0 saturated heterocycles. The third-order valence-electron chi connectivity index (χ3n) is 2.68. The van der Waals surface area contributed by atoms with E-state index in [4.69, 9.17) is 16.9 Å². The van der Waals surface area contributed by atoms with Crippen molar-refractivity contribution in [1.82, 2.24) is 14.5 Å². The first-order valence-electron chi connectivity index (χ1n) is 5.28. The van der Waals surface area contributed by atoms with Gasteiger partial charge in [0.15, 0.2) is 0 Å². The van der Waals surface area contributed by atoms with E-state index in [1.54, 1.807) is 18.3 Å². The van der Waals surface area contributed by atoms with Crippen LogP contribution in [0, 0.1) is 11.3 Å². The van der Waals surface area contributed by atoms with Crippen LogP contribution in [0.25, 0.3) is 16.7 Å². The van der Waals surface area contributed by atoms with Crippen LogP contribution < -0.4 is 0 Å². The average molecular weight is 255 g/mol. The topological polar surface area (TPSA) is 54.5 Å². The lowest BCUT2D eigenvalue weighted by Crippen LogP contribution is -1.96. The van der Waals surface area contributed by atoms with Gasteiger partial charge in [0.05, 0.1) is 17.1 Å². The Morgan fingerprint density at radius 2 is 2.11 bits per heavy atom. The Hall–Kier alpha value is -2.38. The normalized spacial score (nSPS) is 10.4. The van der Waals surface area contributed by atoms with Crippen LogP contribution in [0.4, 0.5) is 0 Å². The summed E-state index contributed by atoms with van der Waals surface area (Å²) in [5.74, 6) is 0.703. The highest BCUT2D eigenvalue weighted by atomic mass is 35.5. The van der Waals surface area contributed by atoms with E-state index in [0.29, 0.717) is 11.4 Å². The van der Waals surface area contributed by atoms with E-state index in [1.807, 2.05) is 29.0 Å². The standard InChI is InChI=1S/C13H7ClN4/c14-13-16-5-3-12(17-13)18-6-4-10-7-9(8-15)1-2-11(10)18/h1-7H. The van der Waals surface area contributed by atoms with Gasteiger partial charge >= 0.3 is 0 Å². The zero-order valence-electron chi connectivity index (χ0n) is 9.21. The molecule has 0 radical (unpaired) electrons. The lowest BCUT2D eigenvalue weighted by molar-refractivity contribution is 1.01. The molecule has 0 N–H and O–H groups in total. The summed E-state index contributed by atoms with van der Waals surface area (Å²) in [5.41, 5.74) is 1.62. The quantitative estimate of drug-likeness (QED) is 0.628. The maximum absolute atomic E-state index is 8.86. The van der Waals surface area contributed by atoms with Crippen LogP contribution >= 0.6 is 11.6 Å². The molecule has 0 aliphatic rings. The number of aromatic nitrogens is 3. The predicted octanol–water partition coefficient (Wildman–Crippen LogP) is 2.95. The summed E-state index contributed by atoms with van der Waals surface area (Å²) in [5, 5.41) is 10.1. The number of hydrogen-bond donors (Lipinski definition) is 0. The molecule has 18 heavy (non-hydrogen) atoms. The molecule has 0 saturated carbocycles. The summed E-state index contributed by atoms with van der Waals surface area (Å²) >= 11 is 5.78. The molecular formula is C13H7ClN4.